The maximum Gasteiger partial charge on any atom is 0.116 e. The predicted octanol–water partition coefficient (Wildman–Crippen LogP) is 9.51. The van der Waals surface area contributed by atoms with Crippen molar-refractivity contribution in [3.05, 3.63) is 134 Å². The van der Waals surface area contributed by atoms with Gasteiger partial charge in [0.05, 0.1) is 11.4 Å². The maximum atomic E-state index is 4.69. The number of thiophene rings is 1. The molecule has 0 bridgehead atoms. The highest BCUT2D eigenvalue weighted by Crippen LogP contribution is 2.37. The van der Waals surface area contributed by atoms with Crippen molar-refractivity contribution >= 4 is 31.5 Å². The van der Waals surface area contributed by atoms with Gasteiger partial charge in [-0.15, -0.1) is 11.3 Å². The van der Waals surface area contributed by atoms with Gasteiger partial charge in [-0.05, 0) is 58.7 Å². The smallest absolute Gasteiger partial charge is 0.116 e. The lowest BCUT2D eigenvalue weighted by Crippen LogP contribution is -1.91. The highest BCUT2D eigenvalue weighted by molar-refractivity contribution is 7.25. The molecule has 7 aromatic rings. The zero-order valence-corrected chi connectivity index (χ0v) is 20.8. The molecule has 0 aliphatic heterocycles. The van der Waals surface area contributed by atoms with E-state index in [-0.39, 0.29) is 0 Å². The Balaban J connectivity index is 1.35. The van der Waals surface area contributed by atoms with Crippen LogP contribution in [0.4, 0.5) is 0 Å². The zero-order valence-electron chi connectivity index (χ0n) is 20.0. The van der Waals surface area contributed by atoms with Crippen LogP contribution in [0.3, 0.4) is 0 Å². The lowest BCUT2D eigenvalue weighted by molar-refractivity contribution is 1.18. The summed E-state index contributed by atoms with van der Waals surface area (Å²) < 4.78 is 2.58. The topological polar surface area (TPSA) is 25.8 Å². The second-order valence-electron chi connectivity index (χ2n) is 9.13. The molecule has 0 aliphatic carbocycles. The van der Waals surface area contributed by atoms with Gasteiger partial charge in [-0.1, -0.05) is 91.0 Å². The van der Waals surface area contributed by atoms with Crippen LogP contribution in [0.5, 0.6) is 0 Å². The Morgan fingerprint density at radius 2 is 0.946 bits per heavy atom. The van der Waals surface area contributed by atoms with Crippen molar-refractivity contribution in [2.75, 3.05) is 0 Å². The first-order valence-electron chi connectivity index (χ1n) is 12.3. The van der Waals surface area contributed by atoms with Gasteiger partial charge in [-0.3, -0.25) is 0 Å². The molecule has 5 aromatic carbocycles. The van der Waals surface area contributed by atoms with Gasteiger partial charge in [-0.25, -0.2) is 9.97 Å². The van der Waals surface area contributed by atoms with Crippen molar-refractivity contribution < 1.29 is 0 Å². The Morgan fingerprint density at radius 3 is 1.65 bits per heavy atom. The normalized spacial score (nSPS) is 11.2. The molecule has 7 rings (SSSR count). The summed E-state index contributed by atoms with van der Waals surface area (Å²) >= 11 is 1.83. The SMILES string of the molecule is c1ccc(-c2cc(-c3ccccc3)cc(-c3cc(-c4ccc5c(c4)sc4ccccc45)ncn3)c2)cc1. The molecule has 0 saturated heterocycles. The first-order chi connectivity index (χ1) is 18.3. The summed E-state index contributed by atoms with van der Waals surface area (Å²) in [6, 6.07) is 45.1. The lowest BCUT2D eigenvalue weighted by Gasteiger charge is -2.11. The standard InChI is InChI=1S/C34H22N2S/c1-3-9-23(10-4-1)26-17-27(24-11-5-2-6-12-24)19-28(18-26)32-21-31(35-22-36-32)25-15-16-30-29-13-7-8-14-33(29)37-34(30)20-25/h1-22H. The van der Waals surface area contributed by atoms with Crippen LogP contribution in [0.1, 0.15) is 0 Å². The van der Waals surface area contributed by atoms with E-state index in [1.54, 1.807) is 6.33 Å². The van der Waals surface area contributed by atoms with E-state index in [0.29, 0.717) is 0 Å². The van der Waals surface area contributed by atoms with E-state index in [4.69, 9.17) is 4.98 Å². The fourth-order valence-electron chi connectivity index (χ4n) is 4.93. The first-order valence-corrected chi connectivity index (χ1v) is 13.1. The van der Waals surface area contributed by atoms with Crippen LogP contribution in [0.25, 0.3) is 64.9 Å². The van der Waals surface area contributed by atoms with Crippen LogP contribution in [-0.4, -0.2) is 9.97 Å². The maximum absolute atomic E-state index is 4.69. The van der Waals surface area contributed by atoms with E-state index in [1.807, 2.05) is 11.3 Å². The molecule has 0 saturated carbocycles. The molecule has 0 fully saturated rings. The van der Waals surface area contributed by atoms with Gasteiger partial charge >= 0.3 is 0 Å². The Hall–Kier alpha value is -4.60. The monoisotopic (exact) mass is 490 g/mol. The van der Waals surface area contributed by atoms with Crippen LogP contribution >= 0.6 is 11.3 Å². The average Bonchev–Trinajstić information content (AvgIpc) is 3.36. The summed E-state index contributed by atoms with van der Waals surface area (Å²) in [6.45, 7) is 0. The van der Waals surface area contributed by atoms with Gasteiger partial charge in [0, 0.05) is 31.3 Å². The van der Waals surface area contributed by atoms with Gasteiger partial charge in [0.25, 0.3) is 0 Å². The Labute approximate surface area is 219 Å². The molecule has 0 radical (unpaired) electrons. The lowest BCUT2D eigenvalue weighted by atomic mass is 9.94. The number of fused-ring (bicyclic) bond motifs is 3. The van der Waals surface area contributed by atoms with Crippen LogP contribution in [-0.2, 0) is 0 Å². The highest BCUT2D eigenvalue weighted by atomic mass is 32.1. The van der Waals surface area contributed by atoms with E-state index >= 15 is 0 Å². The Kier molecular flexibility index (Phi) is 5.34. The number of benzene rings is 5. The third-order valence-electron chi connectivity index (χ3n) is 6.78. The molecular weight excluding hydrogens is 468 g/mol. The Morgan fingerprint density at radius 1 is 0.378 bits per heavy atom. The van der Waals surface area contributed by atoms with Crippen molar-refractivity contribution in [2.24, 2.45) is 0 Å². The molecule has 0 spiro atoms. The second kappa shape index (κ2) is 9.12. The van der Waals surface area contributed by atoms with Crippen molar-refractivity contribution in [1.82, 2.24) is 9.97 Å². The van der Waals surface area contributed by atoms with E-state index in [0.717, 1.165) is 22.5 Å². The largest absolute Gasteiger partial charge is 0.236 e. The minimum atomic E-state index is 0.913. The molecule has 0 N–H and O–H groups in total. The summed E-state index contributed by atoms with van der Waals surface area (Å²) in [5, 5.41) is 2.60. The number of hydrogen-bond acceptors (Lipinski definition) is 3. The molecular formula is C34H22N2S. The van der Waals surface area contributed by atoms with Crippen molar-refractivity contribution in [2.45, 2.75) is 0 Å². The summed E-state index contributed by atoms with van der Waals surface area (Å²) in [4.78, 5) is 9.34. The van der Waals surface area contributed by atoms with Crippen molar-refractivity contribution in [1.29, 1.82) is 0 Å². The third kappa shape index (κ3) is 4.10. The van der Waals surface area contributed by atoms with Crippen LogP contribution in [0.2, 0.25) is 0 Å². The van der Waals surface area contributed by atoms with E-state index in [1.165, 1.54) is 42.4 Å². The third-order valence-corrected chi connectivity index (χ3v) is 7.92. The Bertz CT molecular complexity index is 1810. The molecule has 0 atom stereocenters. The molecule has 3 heteroatoms. The van der Waals surface area contributed by atoms with Crippen LogP contribution < -0.4 is 0 Å². The summed E-state index contributed by atoms with van der Waals surface area (Å²) in [6.07, 6.45) is 1.68. The fraction of sp³-hybridized carbons (Fsp3) is 0. The van der Waals surface area contributed by atoms with Gasteiger partial charge < -0.3 is 0 Å². The van der Waals surface area contributed by atoms with E-state index < -0.39 is 0 Å². The van der Waals surface area contributed by atoms with Gasteiger partial charge in [0.1, 0.15) is 6.33 Å². The van der Waals surface area contributed by atoms with Gasteiger partial charge in [0.2, 0.25) is 0 Å². The van der Waals surface area contributed by atoms with Crippen molar-refractivity contribution in [3.63, 3.8) is 0 Å². The molecule has 2 heterocycles. The van der Waals surface area contributed by atoms with Gasteiger partial charge in [0.15, 0.2) is 0 Å². The first kappa shape index (κ1) is 21.7. The minimum absolute atomic E-state index is 0.913. The van der Waals surface area contributed by atoms with E-state index in [9.17, 15) is 0 Å². The van der Waals surface area contributed by atoms with Crippen LogP contribution in [0, 0.1) is 0 Å². The number of aromatic nitrogens is 2. The average molecular weight is 491 g/mol. The fourth-order valence-corrected chi connectivity index (χ4v) is 6.07. The second-order valence-corrected chi connectivity index (χ2v) is 10.2. The molecule has 0 aliphatic rings. The summed E-state index contributed by atoms with van der Waals surface area (Å²) in [5.41, 5.74) is 8.73. The summed E-state index contributed by atoms with van der Waals surface area (Å²) in [5.74, 6) is 0. The predicted molar refractivity (Wildman–Crippen MR) is 157 cm³/mol. The van der Waals surface area contributed by atoms with Crippen LogP contribution in [0.15, 0.2) is 134 Å². The minimum Gasteiger partial charge on any atom is -0.236 e. The highest BCUT2D eigenvalue weighted by Gasteiger charge is 2.11. The molecule has 0 amide bonds. The van der Waals surface area contributed by atoms with Crippen molar-refractivity contribution in [3.8, 4) is 44.8 Å². The molecule has 2 aromatic heterocycles. The van der Waals surface area contributed by atoms with Gasteiger partial charge in [-0.2, -0.15) is 0 Å². The number of rotatable bonds is 4. The molecule has 2 nitrogen and oxygen atoms in total. The molecule has 0 unspecified atom stereocenters. The summed E-state index contributed by atoms with van der Waals surface area (Å²) in [7, 11) is 0. The number of nitrogens with zero attached hydrogens (tertiary/aromatic N) is 2. The van der Waals surface area contributed by atoms with E-state index in [2.05, 4.69) is 132 Å². The molecule has 37 heavy (non-hydrogen) atoms. The quantitative estimate of drug-likeness (QED) is 0.245. The number of hydrogen-bond donors (Lipinski definition) is 0. The molecule has 174 valence electrons. The zero-order chi connectivity index (χ0) is 24.6.